The molecule has 1 N–H and O–H groups in total. The van der Waals surface area contributed by atoms with E-state index in [0.29, 0.717) is 5.41 Å². The third-order valence-corrected chi connectivity index (χ3v) is 4.00. The molecule has 2 rings (SSSR count). The third kappa shape index (κ3) is 3.46. The molecule has 2 nitrogen and oxygen atoms in total. The van der Waals surface area contributed by atoms with E-state index in [-0.39, 0.29) is 0 Å². The van der Waals surface area contributed by atoms with Crippen molar-refractivity contribution in [1.29, 1.82) is 0 Å². The van der Waals surface area contributed by atoms with Crippen LogP contribution in [0.25, 0.3) is 0 Å². The van der Waals surface area contributed by atoms with Gasteiger partial charge in [-0.2, -0.15) is 0 Å². The van der Waals surface area contributed by atoms with Crippen LogP contribution in [0.2, 0.25) is 0 Å². The molecule has 2 saturated heterocycles. The molecule has 2 heterocycles. The zero-order valence-electron chi connectivity index (χ0n) is 10.4. The monoisotopic (exact) mass is 210 g/mol. The van der Waals surface area contributed by atoms with Crippen molar-refractivity contribution >= 4 is 0 Å². The molecule has 0 saturated carbocycles. The van der Waals surface area contributed by atoms with Gasteiger partial charge in [-0.05, 0) is 63.2 Å². The molecule has 0 aromatic heterocycles. The fourth-order valence-electron chi connectivity index (χ4n) is 3.06. The number of hydrogen-bond acceptors (Lipinski definition) is 2. The van der Waals surface area contributed by atoms with Crippen molar-refractivity contribution in [3.8, 4) is 0 Å². The fraction of sp³-hybridized carbons (Fsp3) is 1.00. The van der Waals surface area contributed by atoms with Gasteiger partial charge >= 0.3 is 0 Å². The molecule has 0 aromatic rings. The van der Waals surface area contributed by atoms with Crippen LogP contribution in [-0.4, -0.2) is 37.6 Å². The zero-order valence-corrected chi connectivity index (χ0v) is 10.4. The van der Waals surface area contributed by atoms with E-state index in [0.717, 1.165) is 5.92 Å². The van der Waals surface area contributed by atoms with Gasteiger partial charge in [0.25, 0.3) is 0 Å². The van der Waals surface area contributed by atoms with Crippen LogP contribution in [0.1, 0.15) is 39.5 Å². The lowest BCUT2D eigenvalue weighted by Crippen LogP contribution is -2.40. The van der Waals surface area contributed by atoms with Crippen LogP contribution in [0.4, 0.5) is 0 Å². The van der Waals surface area contributed by atoms with Crippen LogP contribution in [0.3, 0.4) is 0 Å². The standard InChI is InChI=1S/C13H26N2/c1-13(2)6-3-8-15(11-13)9-5-12-4-7-14-10-12/h12,14H,3-11H2,1-2H3. The van der Waals surface area contributed by atoms with E-state index >= 15 is 0 Å². The molecule has 0 aromatic carbocycles. The molecule has 2 aliphatic heterocycles. The van der Waals surface area contributed by atoms with Crippen molar-refractivity contribution < 1.29 is 0 Å². The van der Waals surface area contributed by atoms with Gasteiger partial charge in [0, 0.05) is 6.54 Å². The van der Waals surface area contributed by atoms with Gasteiger partial charge in [-0.15, -0.1) is 0 Å². The summed E-state index contributed by atoms with van der Waals surface area (Å²) in [6.45, 7) is 11.3. The van der Waals surface area contributed by atoms with Gasteiger partial charge in [-0.1, -0.05) is 13.8 Å². The van der Waals surface area contributed by atoms with Crippen LogP contribution < -0.4 is 5.32 Å². The molecule has 15 heavy (non-hydrogen) atoms. The Morgan fingerprint density at radius 3 is 2.93 bits per heavy atom. The van der Waals surface area contributed by atoms with E-state index in [9.17, 15) is 0 Å². The normalized spacial score (nSPS) is 32.0. The van der Waals surface area contributed by atoms with Crippen LogP contribution in [0.5, 0.6) is 0 Å². The second-order valence-electron chi connectivity index (χ2n) is 6.19. The highest BCUT2D eigenvalue weighted by atomic mass is 15.1. The van der Waals surface area contributed by atoms with Crippen molar-refractivity contribution in [2.75, 3.05) is 32.7 Å². The number of nitrogens with one attached hydrogen (secondary N) is 1. The number of nitrogens with zero attached hydrogens (tertiary/aromatic N) is 1. The Morgan fingerprint density at radius 1 is 1.40 bits per heavy atom. The summed E-state index contributed by atoms with van der Waals surface area (Å²) in [5, 5.41) is 3.46. The first-order chi connectivity index (χ1) is 7.16. The lowest BCUT2D eigenvalue weighted by molar-refractivity contribution is 0.112. The number of likely N-dealkylation sites (tertiary alicyclic amines) is 1. The molecule has 0 aliphatic carbocycles. The maximum absolute atomic E-state index is 3.46. The number of piperidine rings is 1. The Bertz CT molecular complexity index is 195. The van der Waals surface area contributed by atoms with Gasteiger partial charge < -0.3 is 10.2 Å². The maximum Gasteiger partial charge on any atom is 0.00327 e. The van der Waals surface area contributed by atoms with Gasteiger partial charge in [-0.25, -0.2) is 0 Å². The van der Waals surface area contributed by atoms with Gasteiger partial charge in [0.05, 0.1) is 0 Å². The lowest BCUT2D eigenvalue weighted by Gasteiger charge is -2.38. The van der Waals surface area contributed by atoms with Crippen molar-refractivity contribution in [1.82, 2.24) is 10.2 Å². The Balaban J connectivity index is 1.69. The van der Waals surface area contributed by atoms with Crippen molar-refractivity contribution in [2.24, 2.45) is 11.3 Å². The van der Waals surface area contributed by atoms with Crippen LogP contribution in [0.15, 0.2) is 0 Å². The SMILES string of the molecule is CC1(C)CCCN(CCC2CCNC2)C1. The van der Waals surface area contributed by atoms with Crippen molar-refractivity contribution in [3.63, 3.8) is 0 Å². The van der Waals surface area contributed by atoms with E-state index in [1.54, 1.807) is 0 Å². The molecule has 1 atom stereocenters. The summed E-state index contributed by atoms with van der Waals surface area (Å²) < 4.78 is 0. The zero-order chi connectivity index (χ0) is 10.7. The van der Waals surface area contributed by atoms with E-state index in [1.807, 2.05) is 0 Å². The summed E-state index contributed by atoms with van der Waals surface area (Å²) in [6.07, 6.45) is 5.62. The predicted octanol–water partition coefficient (Wildman–Crippen LogP) is 2.11. The van der Waals surface area contributed by atoms with E-state index < -0.39 is 0 Å². The molecule has 2 aliphatic rings. The summed E-state index contributed by atoms with van der Waals surface area (Å²) in [4.78, 5) is 2.68. The highest BCUT2D eigenvalue weighted by Crippen LogP contribution is 2.28. The molecule has 0 spiro atoms. The highest BCUT2D eigenvalue weighted by Gasteiger charge is 2.26. The second kappa shape index (κ2) is 4.84. The molecule has 2 fully saturated rings. The van der Waals surface area contributed by atoms with Crippen molar-refractivity contribution in [3.05, 3.63) is 0 Å². The summed E-state index contributed by atoms with van der Waals surface area (Å²) in [5.41, 5.74) is 0.562. The summed E-state index contributed by atoms with van der Waals surface area (Å²) in [6, 6.07) is 0. The molecular formula is C13H26N2. The number of rotatable bonds is 3. The van der Waals surface area contributed by atoms with Crippen LogP contribution >= 0.6 is 0 Å². The Labute approximate surface area is 94.4 Å². The number of hydrogen-bond donors (Lipinski definition) is 1. The average Bonchev–Trinajstić information content (AvgIpc) is 2.65. The topological polar surface area (TPSA) is 15.3 Å². The molecule has 2 heteroatoms. The minimum Gasteiger partial charge on any atom is -0.316 e. The quantitative estimate of drug-likeness (QED) is 0.767. The minimum absolute atomic E-state index is 0.562. The van der Waals surface area contributed by atoms with Gasteiger partial charge in [0.15, 0.2) is 0 Å². The van der Waals surface area contributed by atoms with E-state index in [4.69, 9.17) is 0 Å². The van der Waals surface area contributed by atoms with Gasteiger partial charge in [0.1, 0.15) is 0 Å². The van der Waals surface area contributed by atoms with E-state index in [1.165, 1.54) is 58.4 Å². The Kier molecular flexibility index (Phi) is 3.68. The predicted molar refractivity (Wildman–Crippen MR) is 65.0 cm³/mol. The van der Waals surface area contributed by atoms with Crippen molar-refractivity contribution in [2.45, 2.75) is 39.5 Å². The van der Waals surface area contributed by atoms with Crippen LogP contribution in [0, 0.1) is 11.3 Å². The average molecular weight is 210 g/mol. The maximum atomic E-state index is 3.46. The fourth-order valence-corrected chi connectivity index (χ4v) is 3.06. The highest BCUT2D eigenvalue weighted by molar-refractivity contribution is 4.81. The molecule has 1 unspecified atom stereocenters. The Hall–Kier alpha value is -0.0800. The molecule has 88 valence electrons. The first kappa shape index (κ1) is 11.4. The molecule has 0 amide bonds. The Morgan fingerprint density at radius 2 is 2.27 bits per heavy atom. The molecule has 0 bridgehead atoms. The molecule has 0 radical (unpaired) electrons. The summed E-state index contributed by atoms with van der Waals surface area (Å²) in [5.74, 6) is 0.954. The lowest BCUT2D eigenvalue weighted by atomic mass is 9.84. The van der Waals surface area contributed by atoms with Crippen LogP contribution in [-0.2, 0) is 0 Å². The minimum atomic E-state index is 0.562. The van der Waals surface area contributed by atoms with Gasteiger partial charge in [0.2, 0.25) is 0 Å². The second-order valence-corrected chi connectivity index (χ2v) is 6.19. The smallest absolute Gasteiger partial charge is 0.00327 e. The largest absolute Gasteiger partial charge is 0.316 e. The summed E-state index contributed by atoms with van der Waals surface area (Å²) in [7, 11) is 0. The first-order valence-electron chi connectivity index (χ1n) is 6.59. The summed E-state index contributed by atoms with van der Waals surface area (Å²) >= 11 is 0. The third-order valence-electron chi connectivity index (χ3n) is 4.00. The first-order valence-corrected chi connectivity index (χ1v) is 6.59. The van der Waals surface area contributed by atoms with E-state index in [2.05, 4.69) is 24.1 Å². The van der Waals surface area contributed by atoms with Gasteiger partial charge in [-0.3, -0.25) is 0 Å². The molecular weight excluding hydrogens is 184 g/mol.